The molecular weight excluding hydrogens is 493 g/mol. The first-order valence-corrected chi connectivity index (χ1v) is 10.3. The molecule has 12 heteroatoms. The molecule has 11 nitrogen and oxygen atoms in total. The molecule has 3 rings (SSSR count). The number of likely N-dealkylation sites (N-methyl/N-ethyl adjacent to an activating group) is 1. The molecule has 0 radical (unpaired) electrons. The van der Waals surface area contributed by atoms with Gasteiger partial charge in [-0.2, -0.15) is 10.2 Å². The number of carbonyl (C=O) groups is 3. The van der Waals surface area contributed by atoms with E-state index >= 15 is 0 Å². The lowest BCUT2D eigenvalue weighted by Crippen LogP contribution is -2.57. The normalized spacial score (nSPS) is 19.7. The molecule has 2 aliphatic rings. The Labute approximate surface area is 181 Å². The van der Waals surface area contributed by atoms with E-state index in [1.165, 1.54) is 7.05 Å². The van der Waals surface area contributed by atoms with Gasteiger partial charge in [-0.1, -0.05) is 0 Å². The highest BCUT2D eigenvalue weighted by Crippen LogP contribution is 2.34. The van der Waals surface area contributed by atoms with Crippen LogP contribution in [0.1, 0.15) is 25.3 Å². The van der Waals surface area contributed by atoms with Gasteiger partial charge in [-0.05, 0) is 29.5 Å². The van der Waals surface area contributed by atoms with Gasteiger partial charge in [-0.15, -0.1) is 0 Å². The van der Waals surface area contributed by atoms with E-state index in [9.17, 15) is 14.4 Å². The number of hydrogen-bond donors (Lipinski definition) is 3. The van der Waals surface area contributed by atoms with E-state index in [1.807, 2.05) is 20.2 Å². The molecule has 0 bridgehead atoms. The fourth-order valence-corrected chi connectivity index (χ4v) is 4.38. The lowest BCUT2D eigenvalue weighted by atomic mass is 9.83. The predicted octanol–water partition coefficient (Wildman–Crippen LogP) is -0.446. The van der Waals surface area contributed by atoms with Crippen LogP contribution in [-0.4, -0.2) is 76.6 Å². The maximum atomic E-state index is 11.9. The summed E-state index contributed by atoms with van der Waals surface area (Å²) in [6.45, 7) is 3.75. The first-order chi connectivity index (χ1) is 13.7. The number of halogens is 1. The molecule has 3 heterocycles. The third kappa shape index (κ3) is 4.69. The zero-order valence-corrected chi connectivity index (χ0v) is 18.6. The molecule has 1 aromatic heterocycles. The van der Waals surface area contributed by atoms with Crippen LogP contribution in [0.25, 0.3) is 0 Å². The maximum absolute atomic E-state index is 11.9. The highest BCUT2D eigenvalue weighted by Gasteiger charge is 2.47. The Morgan fingerprint density at radius 1 is 1.38 bits per heavy atom. The minimum Gasteiger partial charge on any atom is -0.435 e. The molecule has 1 atom stereocenters. The van der Waals surface area contributed by atoms with Gasteiger partial charge in [0.1, 0.15) is 9.41 Å². The summed E-state index contributed by atoms with van der Waals surface area (Å²) in [6, 6.07) is -0.197. The average Bonchev–Trinajstić information content (AvgIpc) is 3.00. The number of nitrogens with one attached hydrogen (secondary N) is 3. The van der Waals surface area contributed by atoms with E-state index in [-0.39, 0.29) is 6.04 Å². The Kier molecular flexibility index (Phi) is 6.41. The number of hydrazone groups is 1. The molecule has 1 aromatic rings. The molecule has 29 heavy (non-hydrogen) atoms. The van der Waals surface area contributed by atoms with Gasteiger partial charge in [0.05, 0.1) is 5.56 Å². The van der Waals surface area contributed by atoms with Crippen LogP contribution >= 0.6 is 22.6 Å². The second-order valence-corrected chi connectivity index (χ2v) is 8.24. The van der Waals surface area contributed by atoms with Gasteiger partial charge >= 0.3 is 17.9 Å². The molecule has 158 valence electrons. The lowest BCUT2D eigenvalue weighted by Gasteiger charge is -2.43. The predicted molar refractivity (Wildman–Crippen MR) is 112 cm³/mol. The molecule has 0 aliphatic carbocycles. The third-order valence-electron chi connectivity index (χ3n) is 5.02. The van der Waals surface area contributed by atoms with Gasteiger partial charge in [-0.25, -0.2) is 10.2 Å². The second-order valence-electron chi connectivity index (χ2n) is 7.22. The fourth-order valence-electron chi connectivity index (χ4n) is 3.65. The zero-order valence-electron chi connectivity index (χ0n) is 16.5. The maximum Gasteiger partial charge on any atom is 0.428 e. The van der Waals surface area contributed by atoms with Gasteiger partial charge in [0.2, 0.25) is 0 Å². The number of hydrogen-bond acceptors (Lipinski definition) is 7. The summed E-state index contributed by atoms with van der Waals surface area (Å²) in [5.41, 5.74) is 3.11. The SMILES string of the molecule is CNC(=O)C(=O)N[C@@H](C)CN1CCC2(CC1)OC(=O)NN=C2c1cn(C)nc1I. The van der Waals surface area contributed by atoms with Gasteiger partial charge < -0.3 is 20.3 Å². The van der Waals surface area contributed by atoms with Gasteiger partial charge in [0.25, 0.3) is 0 Å². The van der Waals surface area contributed by atoms with Gasteiger partial charge in [0.15, 0.2) is 5.60 Å². The Bertz CT molecular complexity index is 845. The number of nitrogens with zero attached hydrogens (tertiary/aromatic N) is 4. The molecule has 3 N–H and O–H groups in total. The van der Waals surface area contributed by atoms with Crippen LogP contribution in [0.15, 0.2) is 11.3 Å². The average molecular weight is 517 g/mol. The molecule has 0 saturated carbocycles. The number of rotatable bonds is 4. The van der Waals surface area contributed by atoms with Crippen molar-refractivity contribution in [2.24, 2.45) is 12.1 Å². The van der Waals surface area contributed by atoms with Crippen LogP contribution in [-0.2, 0) is 21.4 Å². The molecule has 0 unspecified atom stereocenters. The number of aryl methyl sites for hydroxylation is 1. The van der Waals surface area contributed by atoms with E-state index in [2.05, 4.69) is 53.8 Å². The smallest absolute Gasteiger partial charge is 0.428 e. The molecule has 1 fully saturated rings. The zero-order chi connectivity index (χ0) is 21.2. The monoisotopic (exact) mass is 517 g/mol. The first kappa shape index (κ1) is 21.5. The molecule has 0 aromatic carbocycles. The van der Waals surface area contributed by atoms with E-state index in [0.717, 1.165) is 9.26 Å². The number of piperidine rings is 1. The van der Waals surface area contributed by atoms with Crippen molar-refractivity contribution in [1.82, 2.24) is 30.7 Å². The van der Waals surface area contributed by atoms with E-state index in [1.54, 1.807) is 4.68 Å². The third-order valence-corrected chi connectivity index (χ3v) is 5.82. The van der Waals surface area contributed by atoms with Crippen molar-refractivity contribution in [2.75, 3.05) is 26.7 Å². The summed E-state index contributed by atoms with van der Waals surface area (Å²) < 4.78 is 8.23. The largest absolute Gasteiger partial charge is 0.435 e. The van der Waals surface area contributed by atoms with Gasteiger partial charge in [-0.3, -0.25) is 14.3 Å². The summed E-state index contributed by atoms with van der Waals surface area (Å²) in [5, 5.41) is 13.6. The van der Waals surface area contributed by atoms with Crippen molar-refractivity contribution in [2.45, 2.75) is 31.4 Å². The Balaban J connectivity index is 1.67. The molecule has 1 spiro atoms. The standard InChI is InChI=1S/C17H24IN7O4/c1-10(20-15(27)14(26)19-2)8-25-6-4-17(5-7-25)12(21-22-16(28)29-17)11-9-24(3)23-13(11)18/h9-10H,4-8H2,1-3H3,(H,19,26)(H,20,27)(H,22,28)/t10-/m0/s1. The van der Waals surface area contributed by atoms with E-state index in [4.69, 9.17) is 4.74 Å². The van der Waals surface area contributed by atoms with Crippen LogP contribution in [0.4, 0.5) is 4.79 Å². The quantitative estimate of drug-likeness (QED) is 0.367. The summed E-state index contributed by atoms with van der Waals surface area (Å²) in [7, 11) is 3.25. The van der Waals surface area contributed by atoms with E-state index < -0.39 is 23.5 Å². The van der Waals surface area contributed by atoms with Crippen molar-refractivity contribution in [1.29, 1.82) is 0 Å². The van der Waals surface area contributed by atoms with Crippen LogP contribution in [0, 0.1) is 3.70 Å². The van der Waals surface area contributed by atoms with Crippen LogP contribution in [0.5, 0.6) is 0 Å². The van der Waals surface area contributed by atoms with Crippen LogP contribution in [0.3, 0.4) is 0 Å². The van der Waals surface area contributed by atoms with Crippen molar-refractivity contribution < 1.29 is 19.1 Å². The molecular formula is C17H24IN7O4. The summed E-state index contributed by atoms with van der Waals surface area (Å²) >= 11 is 2.14. The second kappa shape index (κ2) is 8.65. The van der Waals surface area contributed by atoms with Crippen molar-refractivity contribution in [3.8, 4) is 0 Å². The van der Waals surface area contributed by atoms with Crippen molar-refractivity contribution >= 4 is 46.2 Å². The van der Waals surface area contributed by atoms with Gasteiger partial charge in [0, 0.05) is 58.8 Å². The van der Waals surface area contributed by atoms with Crippen LogP contribution < -0.4 is 16.1 Å². The van der Waals surface area contributed by atoms with E-state index in [0.29, 0.717) is 38.2 Å². The number of amides is 3. The Hall–Kier alpha value is -2.22. The summed E-state index contributed by atoms with van der Waals surface area (Å²) in [4.78, 5) is 37.2. The van der Waals surface area contributed by atoms with Crippen molar-refractivity contribution in [3.05, 3.63) is 15.5 Å². The highest BCUT2D eigenvalue weighted by atomic mass is 127. The number of likely N-dealkylation sites (tertiary alicyclic amines) is 1. The lowest BCUT2D eigenvalue weighted by molar-refractivity contribution is -0.139. The molecule has 1 saturated heterocycles. The number of ether oxygens (including phenoxy) is 1. The topological polar surface area (TPSA) is 130 Å². The number of carbonyl (C=O) groups excluding carboxylic acids is 3. The van der Waals surface area contributed by atoms with Crippen molar-refractivity contribution in [3.63, 3.8) is 0 Å². The molecule has 3 amide bonds. The summed E-state index contributed by atoms with van der Waals surface area (Å²) in [6.07, 6.45) is 2.44. The highest BCUT2D eigenvalue weighted by molar-refractivity contribution is 14.1. The minimum absolute atomic E-state index is 0.197. The first-order valence-electron chi connectivity index (χ1n) is 9.25. The fraction of sp³-hybridized carbons (Fsp3) is 0.588. The molecule has 2 aliphatic heterocycles. The summed E-state index contributed by atoms with van der Waals surface area (Å²) in [5.74, 6) is -1.32. The van der Waals surface area contributed by atoms with Crippen LogP contribution in [0.2, 0.25) is 0 Å². The Morgan fingerprint density at radius 3 is 2.66 bits per heavy atom. The minimum atomic E-state index is -0.809. The number of aromatic nitrogens is 2. The Morgan fingerprint density at radius 2 is 2.07 bits per heavy atom.